The van der Waals surface area contributed by atoms with Crippen molar-refractivity contribution in [3.63, 3.8) is 0 Å². The van der Waals surface area contributed by atoms with Crippen LogP contribution in [0.2, 0.25) is 0 Å². The number of benzene rings is 2. The molecule has 0 aliphatic rings. The van der Waals surface area contributed by atoms with Crippen LogP contribution in [0, 0.1) is 19.8 Å². The number of aryl methyl sites for hydroxylation is 2. The number of H-pyrrole nitrogens is 1. The first-order valence-corrected chi connectivity index (χ1v) is 8.44. The quantitative estimate of drug-likeness (QED) is 0.746. The molecule has 0 atom stereocenters. The van der Waals surface area contributed by atoms with Crippen molar-refractivity contribution in [3.8, 4) is 16.9 Å². The van der Waals surface area contributed by atoms with Crippen LogP contribution < -0.4 is 5.56 Å². The maximum Gasteiger partial charge on any atom is 0.275 e. The second-order valence-electron chi connectivity index (χ2n) is 6.84. The number of aromatic amines is 1. The lowest BCUT2D eigenvalue weighted by Crippen LogP contribution is -2.18. The van der Waals surface area contributed by atoms with E-state index in [2.05, 4.69) is 44.9 Å². The van der Waals surface area contributed by atoms with Gasteiger partial charge in [-0.15, -0.1) is 0 Å². The minimum Gasteiger partial charge on any atom is -0.290 e. The summed E-state index contributed by atoms with van der Waals surface area (Å²) in [5.41, 5.74) is 6.17. The van der Waals surface area contributed by atoms with Gasteiger partial charge < -0.3 is 0 Å². The molecule has 0 amide bonds. The molecular weight excluding hydrogens is 296 g/mol. The molecule has 3 rings (SSSR count). The van der Waals surface area contributed by atoms with Gasteiger partial charge in [-0.25, -0.2) is 4.68 Å². The van der Waals surface area contributed by atoms with Crippen molar-refractivity contribution in [3.05, 3.63) is 75.6 Å². The highest BCUT2D eigenvalue weighted by Gasteiger charge is 2.17. The SMILES string of the molecule is Cc1ccc(-n2[nH]c(-c3ccccc3)c(CC(C)C)c2=O)cc1C. The van der Waals surface area contributed by atoms with Gasteiger partial charge in [0, 0.05) is 5.56 Å². The monoisotopic (exact) mass is 320 g/mol. The minimum atomic E-state index is 0.0470. The molecule has 124 valence electrons. The highest BCUT2D eigenvalue weighted by atomic mass is 16.1. The normalized spacial score (nSPS) is 11.2. The molecule has 3 nitrogen and oxygen atoms in total. The van der Waals surface area contributed by atoms with Crippen molar-refractivity contribution >= 4 is 0 Å². The molecular formula is C21H24N2O. The molecule has 0 unspecified atom stereocenters. The molecule has 2 aromatic carbocycles. The summed E-state index contributed by atoms with van der Waals surface area (Å²) in [6.07, 6.45) is 0.761. The predicted octanol–water partition coefficient (Wildman–Crippen LogP) is 4.65. The number of rotatable bonds is 4. The Kier molecular flexibility index (Phi) is 4.43. The van der Waals surface area contributed by atoms with Gasteiger partial charge in [0.15, 0.2) is 0 Å². The smallest absolute Gasteiger partial charge is 0.275 e. The summed E-state index contributed by atoms with van der Waals surface area (Å²) < 4.78 is 1.67. The van der Waals surface area contributed by atoms with E-state index in [9.17, 15) is 4.79 Å². The van der Waals surface area contributed by atoms with Crippen molar-refractivity contribution in [1.82, 2.24) is 9.78 Å². The Morgan fingerprint density at radius 3 is 2.33 bits per heavy atom. The van der Waals surface area contributed by atoms with E-state index in [-0.39, 0.29) is 5.56 Å². The van der Waals surface area contributed by atoms with Gasteiger partial charge in [-0.3, -0.25) is 9.89 Å². The average Bonchev–Trinajstić information content (AvgIpc) is 2.87. The lowest BCUT2D eigenvalue weighted by atomic mass is 10.00. The van der Waals surface area contributed by atoms with Crippen LogP contribution in [0.4, 0.5) is 0 Å². The summed E-state index contributed by atoms with van der Waals surface area (Å²) in [4.78, 5) is 13.0. The Labute approximate surface area is 143 Å². The number of nitrogens with one attached hydrogen (secondary N) is 1. The Balaban J connectivity index is 2.20. The maximum absolute atomic E-state index is 13.0. The van der Waals surface area contributed by atoms with Crippen molar-refractivity contribution in [1.29, 1.82) is 0 Å². The molecule has 0 bridgehead atoms. The molecule has 1 N–H and O–H groups in total. The average molecular weight is 320 g/mol. The van der Waals surface area contributed by atoms with Gasteiger partial charge in [0.1, 0.15) is 0 Å². The highest BCUT2D eigenvalue weighted by Crippen LogP contribution is 2.23. The first-order chi connectivity index (χ1) is 11.5. The zero-order valence-electron chi connectivity index (χ0n) is 14.8. The van der Waals surface area contributed by atoms with Gasteiger partial charge in [0.25, 0.3) is 5.56 Å². The summed E-state index contributed by atoms with van der Waals surface area (Å²) in [5.74, 6) is 0.421. The number of hydrogen-bond acceptors (Lipinski definition) is 1. The van der Waals surface area contributed by atoms with Crippen LogP contribution in [-0.4, -0.2) is 9.78 Å². The first-order valence-electron chi connectivity index (χ1n) is 8.44. The van der Waals surface area contributed by atoms with Crippen LogP contribution >= 0.6 is 0 Å². The highest BCUT2D eigenvalue weighted by molar-refractivity contribution is 5.63. The van der Waals surface area contributed by atoms with Gasteiger partial charge in [0.05, 0.1) is 11.4 Å². The van der Waals surface area contributed by atoms with E-state index >= 15 is 0 Å². The molecule has 0 saturated carbocycles. The molecule has 0 radical (unpaired) electrons. The van der Waals surface area contributed by atoms with Gasteiger partial charge in [-0.2, -0.15) is 0 Å². The topological polar surface area (TPSA) is 37.8 Å². The van der Waals surface area contributed by atoms with E-state index in [1.165, 1.54) is 11.1 Å². The van der Waals surface area contributed by atoms with Gasteiger partial charge in [0.2, 0.25) is 0 Å². The van der Waals surface area contributed by atoms with Gasteiger partial charge >= 0.3 is 0 Å². The van der Waals surface area contributed by atoms with Crippen molar-refractivity contribution in [2.45, 2.75) is 34.1 Å². The van der Waals surface area contributed by atoms with E-state index in [0.717, 1.165) is 28.9 Å². The summed E-state index contributed by atoms with van der Waals surface area (Å²) >= 11 is 0. The Hall–Kier alpha value is -2.55. The van der Waals surface area contributed by atoms with Crippen LogP contribution in [0.25, 0.3) is 16.9 Å². The van der Waals surface area contributed by atoms with Crippen LogP contribution in [-0.2, 0) is 6.42 Å². The molecule has 0 spiro atoms. The van der Waals surface area contributed by atoms with E-state index in [0.29, 0.717) is 5.92 Å². The summed E-state index contributed by atoms with van der Waals surface area (Å²) in [7, 11) is 0. The summed E-state index contributed by atoms with van der Waals surface area (Å²) in [6, 6.07) is 16.2. The fourth-order valence-corrected chi connectivity index (χ4v) is 2.96. The molecule has 24 heavy (non-hydrogen) atoms. The standard InChI is InChI=1S/C21H24N2O/c1-14(2)12-19-20(17-8-6-5-7-9-17)22-23(21(19)24)18-11-10-15(3)16(4)13-18/h5-11,13-14,22H,12H2,1-4H3. The lowest BCUT2D eigenvalue weighted by molar-refractivity contribution is 0.644. The van der Waals surface area contributed by atoms with E-state index < -0.39 is 0 Å². The van der Waals surface area contributed by atoms with Crippen molar-refractivity contribution in [2.24, 2.45) is 5.92 Å². The Morgan fingerprint density at radius 2 is 1.71 bits per heavy atom. The minimum absolute atomic E-state index is 0.0470. The first kappa shape index (κ1) is 16.3. The van der Waals surface area contributed by atoms with Gasteiger partial charge in [-0.05, 0) is 55.0 Å². The zero-order chi connectivity index (χ0) is 17.3. The molecule has 0 saturated heterocycles. The van der Waals surface area contributed by atoms with Crippen LogP contribution in [0.1, 0.15) is 30.5 Å². The molecule has 3 heteroatoms. The van der Waals surface area contributed by atoms with E-state index in [1.807, 2.05) is 36.4 Å². The predicted molar refractivity (Wildman–Crippen MR) is 99.8 cm³/mol. The molecule has 0 fully saturated rings. The fraction of sp³-hybridized carbons (Fsp3) is 0.286. The summed E-state index contributed by atoms with van der Waals surface area (Å²) in [5, 5.41) is 3.34. The molecule has 1 aromatic heterocycles. The number of nitrogens with zero attached hydrogens (tertiary/aromatic N) is 1. The van der Waals surface area contributed by atoms with Crippen LogP contribution in [0.5, 0.6) is 0 Å². The van der Waals surface area contributed by atoms with Crippen LogP contribution in [0.15, 0.2) is 53.3 Å². The fourth-order valence-electron chi connectivity index (χ4n) is 2.96. The maximum atomic E-state index is 13.0. The third-order valence-electron chi connectivity index (χ3n) is 4.41. The molecule has 0 aliphatic carbocycles. The number of aromatic nitrogens is 2. The molecule has 3 aromatic rings. The zero-order valence-corrected chi connectivity index (χ0v) is 14.8. The molecule has 1 heterocycles. The molecule has 0 aliphatic heterocycles. The second kappa shape index (κ2) is 6.52. The largest absolute Gasteiger partial charge is 0.290 e. The third kappa shape index (κ3) is 3.07. The van der Waals surface area contributed by atoms with Crippen molar-refractivity contribution < 1.29 is 0 Å². The second-order valence-corrected chi connectivity index (χ2v) is 6.84. The third-order valence-corrected chi connectivity index (χ3v) is 4.41. The van der Waals surface area contributed by atoms with E-state index in [4.69, 9.17) is 0 Å². The van der Waals surface area contributed by atoms with Crippen molar-refractivity contribution in [2.75, 3.05) is 0 Å². The number of hydrogen-bond donors (Lipinski definition) is 1. The van der Waals surface area contributed by atoms with Gasteiger partial charge in [-0.1, -0.05) is 50.2 Å². The van der Waals surface area contributed by atoms with E-state index in [1.54, 1.807) is 4.68 Å². The lowest BCUT2D eigenvalue weighted by Gasteiger charge is -2.05. The summed E-state index contributed by atoms with van der Waals surface area (Å²) in [6.45, 7) is 8.43. The van der Waals surface area contributed by atoms with Crippen LogP contribution in [0.3, 0.4) is 0 Å². The Bertz CT molecular complexity index is 901. The Morgan fingerprint density at radius 1 is 1.00 bits per heavy atom.